The number of hydrogen-bond donors (Lipinski definition) is 1. The highest BCUT2D eigenvalue weighted by molar-refractivity contribution is 7.89. The van der Waals surface area contributed by atoms with Crippen molar-refractivity contribution < 1.29 is 31.5 Å². The molecule has 0 spiro atoms. The molecule has 1 fully saturated rings. The van der Waals surface area contributed by atoms with Gasteiger partial charge >= 0.3 is 12.1 Å². The molecule has 0 bridgehead atoms. The van der Waals surface area contributed by atoms with Crippen molar-refractivity contribution in [3.05, 3.63) is 12.4 Å². The van der Waals surface area contributed by atoms with E-state index in [-0.39, 0.29) is 4.90 Å². The van der Waals surface area contributed by atoms with Crippen LogP contribution in [0.1, 0.15) is 6.92 Å². The van der Waals surface area contributed by atoms with Gasteiger partial charge in [0.05, 0.1) is 18.0 Å². The zero-order chi connectivity index (χ0) is 16.7. The molecule has 1 aromatic heterocycles. The standard InChI is InChI=1S/C11H14F3N3O4S/c1-2-16-4-7(3-15-16)22(20,21)17-5-8(10(18)19)9(6-17)11(12,13)14/h3-4,8-9H,2,5-6H2,1H3,(H,18,19)/t8-,9-/m1/s1. The molecule has 2 rings (SSSR count). The molecule has 0 amide bonds. The van der Waals surface area contributed by atoms with Crippen LogP contribution in [0, 0.1) is 11.8 Å². The second kappa shape index (κ2) is 5.54. The third-order valence-electron chi connectivity index (χ3n) is 3.60. The second-order valence-corrected chi connectivity index (χ2v) is 6.88. The number of hydrogen-bond acceptors (Lipinski definition) is 4. The average molecular weight is 341 g/mol. The molecule has 11 heteroatoms. The Morgan fingerprint density at radius 2 is 2.09 bits per heavy atom. The predicted molar refractivity (Wildman–Crippen MR) is 67.3 cm³/mol. The number of alkyl halides is 3. The molecule has 1 aliphatic rings. The van der Waals surface area contributed by atoms with Crippen molar-refractivity contribution in [2.24, 2.45) is 11.8 Å². The van der Waals surface area contributed by atoms with Gasteiger partial charge in [0.2, 0.25) is 10.0 Å². The topological polar surface area (TPSA) is 92.5 Å². The summed E-state index contributed by atoms with van der Waals surface area (Å²) >= 11 is 0. The van der Waals surface area contributed by atoms with Gasteiger partial charge in [0, 0.05) is 25.8 Å². The summed E-state index contributed by atoms with van der Waals surface area (Å²) in [6, 6.07) is 0. The summed E-state index contributed by atoms with van der Waals surface area (Å²) in [5.74, 6) is -5.69. The lowest BCUT2D eigenvalue weighted by Gasteiger charge is -2.18. The molecule has 0 saturated carbocycles. The van der Waals surface area contributed by atoms with E-state index >= 15 is 0 Å². The first-order chi connectivity index (χ1) is 10.1. The lowest BCUT2D eigenvalue weighted by atomic mass is 9.96. The highest BCUT2D eigenvalue weighted by Gasteiger charge is 2.55. The SMILES string of the molecule is CCn1cc(S(=O)(=O)N2C[C@@H](C(F)(F)F)[C@H](C(=O)O)C2)cn1. The number of aliphatic carboxylic acids is 1. The number of halogens is 3. The molecular weight excluding hydrogens is 327 g/mol. The maximum atomic E-state index is 12.9. The largest absolute Gasteiger partial charge is 0.481 e. The number of aryl methyl sites for hydroxylation is 1. The Labute approximate surface area is 124 Å². The lowest BCUT2D eigenvalue weighted by molar-refractivity contribution is -0.187. The molecule has 2 atom stereocenters. The zero-order valence-corrected chi connectivity index (χ0v) is 12.3. The monoisotopic (exact) mass is 341 g/mol. The molecule has 2 heterocycles. The van der Waals surface area contributed by atoms with E-state index in [1.807, 2.05) is 0 Å². The van der Waals surface area contributed by atoms with Crippen molar-refractivity contribution in [2.45, 2.75) is 24.5 Å². The van der Waals surface area contributed by atoms with Gasteiger partial charge in [0.25, 0.3) is 0 Å². The van der Waals surface area contributed by atoms with Crippen LogP contribution in [0.2, 0.25) is 0 Å². The Balaban J connectivity index is 2.31. The number of rotatable bonds is 4. The molecule has 0 radical (unpaired) electrons. The lowest BCUT2D eigenvalue weighted by Crippen LogP contribution is -2.34. The highest BCUT2D eigenvalue weighted by Crippen LogP contribution is 2.39. The quantitative estimate of drug-likeness (QED) is 0.874. The van der Waals surface area contributed by atoms with Crippen molar-refractivity contribution >= 4 is 16.0 Å². The van der Waals surface area contributed by atoms with Gasteiger partial charge in [-0.15, -0.1) is 0 Å². The molecule has 1 aromatic rings. The van der Waals surface area contributed by atoms with E-state index in [0.29, 0.717) is 10.8 Å². The number of nitrogens with zero attached hydrogens (tertiary/aromatic N) is 3. The van der Waals surface area contributed by atoms with Crippen molar-refractivity contribution in [1.82, 2.24) is 14.1 Å². The van der Waals surface area contributed by atoms with E-state index < -0.39 is 47.1 Å². The Morgan fingerprint density at radius 3 is 2.50 bits per heavy atom. The van der Waals surface area contributed by atoms with Crippen LogP contribution in [-0.4, -0.2) is 52.8 Å². The van der Waals surface area contributed by atoms with Crippen molar-refractivity contribution in [3.8, 4) is 0 Å². The summed E-state index contributed by atoms with van der Waals surface area (Å²) in [7, 11) is -4.20. The highest BCUT2D eigenvalue weighted by atomic mass is 32.2. The molecule has 124 valence electrons. The minimum atomic E-state index is -4.78. The normalized spacial score (nSPS) is 23.8. The molecule has 1 saturated heterocycles. The Morgan fingerprint density at radius 1 is 1.45 bits per heavy atom. The van der Waals surface area contributed by atoms with E-state index in [2.05, 4.69) is 5.10 Å². The smallest absolute Gasteiger partial charge is 0.393 e. The number of carbonyl (C=O) groups is 1. The fourth-order valence-electron chi connectivity index (χ4n) is 2.35. The van der Waals surface area contributed by atoms with Crippen molar-refractivity contribution in [2.75, 3.05) is 13.1 Å². The maximum absolute atomic E-state index is 12.9. The van der Waals surface area contributed by atoms with E-state index in [9.17, 15) is 26.4 Å². The summed E-state index contributed by atoms with van der Waals surface area (Å²) in [6.07, 6.45) is -2.54. The van der Waals surface area contributed by atoms with E-state index in [4.69, 9.17) is 5.11 Å². The summed E-state index contributed by atoms with van der Waals surface area (Å²) in [4.78, 5) is 10.7. The van der Waals surface area contributed by atoms with Crippen LogP contribution in [0.3, 0.4) is 0 Å². The first-order valence-corrected chi connectivity index (χ1v) is 7.83. The number of aromatic nitrogens is 2. The van der Waals surface area contributed by atoms with Gasteiger partial charge in [0.1, 0.15) is 4.90 Å². The summed E-state index contributed by atoms with van der Waals surface area (Å²) in [5.41, 5.74) is 0. The minimum Gasteiger partial charge on any atom is -0.481 e. The molecular formula is C11H14F3N3O4S. The van der Waals surface area contributed by atoms with Gasteiger partial charge < -0.3 is 5.11 Å². The molecule has 0 aromatic carbocycles. The maximum Gasteiger partial charge on any atom is 0.393 e. The van der Waals surface area contributed by atoms with Gasteiger partial charge in [-0.05, 0) is 6.92 Å². The Kier molecular flexibility index (Phi) is 4.22. The Hall–Kier alpha value is -1.62. The molecule has 0 aliphatic carbocycles. The molecule has 0 unspecified atom stereocenters. The summed E-state index contributed by atoms with van der Waals surface area (Å²) in [5, 5.41) is 12.7. The molecule has 1 N–H and O–H groups in total. The molecule has 7 nitrogen and oxygen atoms in total. The van der Waals surface area contributed by atoms with Crippen LogP contribution in [0.4, 0.5) is 13.2 Å². The number of carboxylic acid groups (broad SMARTS) is 1. The van der Waals surface area contributed by atoms with Crippen LogP contribution in [0.25, 0.3) is 0 Å². The van der Waals surface area contributed by atoms with Crippen LogP contribution in [0.5, 0.6) is 0 Å². The number of carboxylic acids is 1. The zero-order valence-electron chi connectivity index (χ0n) is 11.5. The van der Waals surface area contributed by atoms with Gasteiger partial charge in [-0.3, -0.25) is 9.48 Å². The number of sulfonamides is 1. The van der Waals surface area contributed by atoms with Crippen LogP contribution in [0.15, 0.2) is 17.3 Å². The van der Waals surface area contributed by atoms with Gasteiger partial charge in [0.15, 0.2) is 0 Å². The van der Waals surface area contributed by atoms with Gasteiger partial charge in [-0.1, -0.05) is 0 Å². The summed E-state index contributed by atoms with van der Waals surface area (Å²) in [6.45, 7) is 0.511. The average Bonchev–Trinajstić information content (AvgIpc) is 3.05. The van der Waals surface area contributed by atoms with Crippen LogP contribution >= 0.6 is 0 Å². The molecule has 1 aliphatic heterocycles. The predicted octanol–water partition coefficient (Wildman–Crippen LogP) is 0.787. The van der Waals surface area contributed by atoms with Crippen molar-refractivity contribution in [3.63, 3.8) is 0 Å². The van der Waals surface area contributed by atoms with E-state index in [1.165, 1.54) is 10.9 Å². The molecule has 22 heavy (non-hydrogen) atoms. The van der Waals surface area contributed by atoms with Crippen LogP contribution in [-0.2, 0) is 21.4 Å². The first-order valence-electron chi connectivity index (χ1n) is 6.39. The van der Waals surface area contributed by atoms with Crippen molar-refractivity contribution in [1.29, 1.82) is 0 Å². The van der Waals surface area contributed by atoms with Gasteiger partial charge in [-0.2, -0.15) is 22.6 Å². The minimum absolute atomic E-state index is 0.249. The fourth-order valence-corrected chi connectivity index (χ4v) is 3.79. The second-order valence-electron chi connectivity index (χ2n) is 4.95. The van der Waals surface area contributed by atoms with Crippen LogP contribution < -0.4 is 0 Å². The van der Waals surface area contributed by atoms with E-state index in [0.717, 1.165) is 6.20 Å². The van der Waals surface area contributed by atoms with E-state index in [1.54, 1.807) is 6.92 Å². The fraction of sp³-hybridized carbons (Fsp3) is 0.636. The van der Waals surface area contributed by atoms with Gasteiger partial charge in [-0.25, -0.2) is 8.42 Å². The Bertz CT molecular complexity index is 670. The summed E-state index contributed by atoms with van der Waals surface area (Å²) < 4.78 is 65.2. The third kappa shape index (κ3) is 2.95. The first kappa shape index (κ1) is 16.7. The third-order valence-corrected chi connectivity index (χ3v) is 5.38.